The van der Waals surface area contributed by atoms with Gasteiger partial charge in [-0.25, -0.2) is 9.97 Å². The summed E-state index contributed by atoms with van der Waals surface area (Å²) >= 11 is 1.55. The summed E-state index contributed by atoms with van der Waals surface area (Å²) in [5, 5.41) is 11.0. The first kappa shape index (κ1) is 18.7. The first-order valence-corrected chi connectivity index (χ1v) is 9.74. The molecule has 0 saturated carbocycles. The Morgan fingerprint density at radius 2 is 1.93 bits per heavy atom. The van der Waals surface area contributed by atoms with Crippen molar-refractivity contribution in [2.45, 2.75) is 26.6 Å². The highest BCUT2D eigenvalue weighted by Gasteiger charge is 2.17. The zero-order valence-electron chi connectivity index (χ0n) is 16.2. The lowest BCUT2D eigenvalue weighted by atomic mass is 10.1. The van der Waals surface area contributed by atoms with Crippen molar-refractivity contribution in [1.82, 2.24) is 15.0 Å². The smallest absolute Gasteiger partial charge is 0.126 e. The van der Waals surface area contributed by atoms with Gasteiger partial charge in [0.2, 0.25) is 0 Å². The lowest BCUT2D eigenvalue weighted by Gasteiger charge is -2.08. The van der Waals surface area contributed by atoms with E-state index in [0.29, 0.717) is 12.4 Å². The van der Waals surface area contributed by atoms with Gasteiger partial charge in [-0.1, -0.05) is 0 Å². The molecular weight excluding hydrogens is 374 g/mol. The van der Waals surface area contributed by atoms with Crippen molar-refractivity contribution < 1.29 is 14.6 Å². The van der Waals surface area contributed by atoms with Crippen molar-refractivity contribution in [3.63, 3.8) is 0 Å². The van der Waals surface area contributed by atoms with Crippen molar-refractivity contribution in [3.05, 3.63) is 47.3 Å². The summed E-state index contributed by atoms with van der Waals surface area (Å²) < 4.78 is 11.5. The van der Waals surface area contributed by atoms with Gasteiger partial charge in [0.05, 0.1) is 53.0 Å². The second kappa shape index (κ2) is 7.43. The molecule has 1 unspecified atom stereocenters. The van der Waals surface area contributed by atoms with Gasteiger partial charge in [-0.05, 0) is 43.7 Å². The average Bonchev–Trinajstić information content (AvgIpc) is 3.10. The lowest BCUT2D eigenvalue weighted by molar-refractivity contribution is 0.181. The average molecular weight is 395 g/mol. The third-order valence-corrected chi connectivity index (χ3v) is 5.58. The second-order valence-corrected chi connectivity index (χ2v) is 7.76. The van der Waals surface area contributed by atoms with E-state index in [-0.39, 0.29) is 0 Å². The van der Waals surface area contributed by atoms with Crippen molar-refractivity contribution in [3.8, 4) is 16.3 Å². The molecule has 0 aliphatic heterocycles. The molecular formula is C21H21N3O3S. The number of ether oxygens (including phenoxy) is 2. The molecule has 4 aromatic rings. The normalized spacial score (nSPS) is 12.6. The first-order chi connectivity index (χ1) is 13.5. The molecule has 0 bridgehead atoms. The van der Waals surface area contributed by atoms with Gasteiger partial charge in [0.1, 0.15) is 10.8 Å². The number of thiazole rings is 1. The van der Waals surface area contributed by atoms with Gasteiger partial charge in [0.15, 0.2) is 0 Å². The zero-order valence-corrected chi connectivity index (χ0v) is 17.0. The standard InChI is InChI=1S/C21H21N3O3S/c1-11-5-16(19-17(6-11)23-13(9-22-19)10-26-3)21-24-20-15(12(2)25)7-14(27-4)8-18(20)28-21/h5-9,12,25H,10H2,1-4H3. The summed E-state index contributed by atoms with van der Waals surface area (Å²) in [6, 6.07) is 7.87. The molecule has 0 amide bonds. The molecule has 144 valence electrons. The molecule has 1 N–H and O–H groups in total. The second-order valence-electron chi connectivity index (χ2n) is 6.73. The fourth-order valence-electron chi connectivity index (χ4n) is 3.26. The van der Waals surface area contributed by atoms with Crippen LogP contribution in [0.3, 0.4) is 0 Å². The molecule has 2 aromatic heterocycles. The highest BCUT2D eigenvalue weighted by molar-refractivity contribution is 7.21. The van der Waals surface area contributed by atoms with E-state index < -0.39 is 6.10 Å². The molecule has 4 rings (SSSR count). The van der Waals surface area contributed by atoms with Crippen LogP contribution in [0.2, 0.25) is 0 Å². The van der Waals surface area contributed by atoms with Crippen LogP contribution in [-0.2, 0) is 11.3 Å². The molecule has 7 heteroatoms. The summed E-state index contributed by atoms with van der Waals surface area (Å²) in [6.45, 7) is 4.19. The van der Waals surface area contributed by atoms with E-state index in [9.17, 15) is 5.11 Å². The van der Waals surface area contributed by atoms with E-state index in [1.165, 1.54) is 0 Å². The summed E-state index contributed by atoms with van der Waals surface area (Å²) in [5.74, 6) is 0.705. The molecule has 6 nitrogen and oxygen atoms in total. The predicted octanol–water partition coefficient (Wildman–Crippen LogP) is 4.42. The maximum Gasteiger partial charge on any atom is 0.126 e. The summed E-state index contributed by atoms with van der Waals surface area (Å²) in [5.41, 5.74) is 5.96. The van der Waals surface area contributed by atoms with Crippen LogP contribution in [0.15, 0.2) is 30.5 Å². The van der Waals surface area contributed by atoms with Crippen LogP contribution in [0.25, 0.3) is 31.8 Å². The number of aryl methyl sites for hydroxylation is 1. The van der Waals surface area contributed by atoms with Crippen molar-refractivity contribution >= 4 is 32.6 Å². The molecule has 0 spiro atoms. The van der Waals surface area contributed by atoms with Crippen LogP contribution >= 0.6 is 11.3 Å². The predicted molar refractivity (Wildman–Crippen MR) is 111 cm³/mol. The molecule has 0 fully saturated rings. The minimum atomic E-state index is -0.641. The van der Waals surface area contributed by atoms with Crippen molar-refractivity contribution in [2.75, 3.05) is 14.2 Å². The van der Waals surface area contributed by atoms with Crippen LogP contribution < -0.4 is 4.74 Å². The van der Waals surface area contributed by atoms with Crippen LogP contribution in [-0.4, -0.2) is 34.3 Å². The van der Waals surface area contributed by atoms with Gasteiger partial charge >= 0.3 is 0 Å². The van der Waals surface area contributed by atoms with E-state index >= 15 is 0 Å². The SMILES string of the molecule is COCc1cnc2c(-c3nc4c(C(C)O)cc(OC)cc4s3)cc(C)cc2n1. The van der Waals surface area contributed by atoms with Gasteiger partial charge in [-0.3, -0.25) is 4.98 Å². The van der Waals surface area contributed by atoms with E-state index in [4.69, 9.17) is 14.5 Å². The largest absolute Gasteiger partial charge is 0.497 e. The van der Waals surface area contributed by atoms with Crippen LogP contribution in [0.1, 0.15) is 29.8 Å². The monoisotopic (exact) mass is 395 g/mol. The number of hydrogen-bond acceptors (Lipinski definition) is 7. The zero-order chi connectivity index (χ0) is 19.8. The molecule has 1 atom stereocenters. The Morgan fingerprint density at radius 3 is 2.64 bits per heavy atom. The van der Waals surface area contributed by atoms with Gasteiger partial charge in [-0.15, -0.1) is 11.3 Å². The number of nitrogens with zero attached hydrogens (tertiary/aromatic N) is 3. The van der Waals surface area contributed by atoms with Crippen LogP contribution in [0, 0.1) is 6.92 Å². The van der Waals surface area contributed by atoms with Gasteiger partial charge in [-0.2, -0.15) is 0 Å². The Labute approximate surface area is 166 Å². The topological polar surface area (TPSA) is 77.4 Å². The fraction of sp³-hybridized carbons (Fsp3) is 0.286. The van der Waals surface area contributed by atoms with E-state index in [0.717, 1.165) is 48.6 Å². The molecule has 0 aliphatic rings. The molecule has 2 aromatic carbocycles. The Balaban J connectivity index is 1.94. The van der Waals surface area contributed by atoms with Crippen LogP contribution in [0.5, 0.6) is 5.75 Å². The third kappa shape index (κ3) is 3.32. The Bertz CT molecular complexity index is 1170. The highest BCUT2D eigenvalue weighted by Crippen LogP contribution is 2.38. The third-order valence-electron chi connectivity index (χ3n) is 4.55. The molecule has 2 heterocycles. The number of benzene rings is 2. The van der Waals surface area contributed by atoms with E-state index in [2.05, 4.69) is 16.0 Å². The number of methoxy groups -OCH3 is 2. The fourth-order valence-corrected chi connectivity index (χ4v) is 4.31. The van der Waals surface area contributed by atoms with Crippen molar-refractivity contribution in [1.29, 1.82) is 0 Å². The highest BCUT2D eigenvalue weighted by atomic mass is 32.1. The minimum absolute atomic E-state index is 0.422. The van der Waals surface area contributed by atoms with E-state index in [1.54, 1.807) is 38.7 Å². The molecule has 0 saturated heterocycles. The van der Waals surface area contributed by atoms with Crippen molar-refractivity contribution in [2.24, 2.45) is 0 Å². The number of fused-ring (bicyclic) bond motifs is 2. The van der Waals surface area contributed by atoms with Gasteiger partial charge < -0.3 is 14.6 Å². The van der Waals surface area contributed by atoms with E-state index in [1.807, 2.05) is 25.1 Å². The Kier molecular flexibility index (Phi) is 4.97. The number of aromatic nitrogens is 3. The number of aliphatic hydroxyl groups is 1. The van der Waals surface area contributed by atoms with Crippen LogP contribution in [0.4, 0.5) is 0 Å². The number of hydrogen-bond donors (Lipinski definition) is 1. The Morgan fingerprint density at radius 1 is 1.11 bits per heavy atom. The summed E-state index contributed by atoms with van der Waals surface area (Å²) in [4.78, 5) is 14.1. The van der Waals surface area contributed by atoms with Gasteiger partial charge in [0.25, 0.3) is 0 Å². The maximum atomic E-state index is 10.2. The molecule has 0 radical (unpaired) electrons. The molecule has 28 heavy (non-hydrogen) atoms. The van der Waals surface area contributed by atoms with Gasteiger partial charge in [0, 0.05) is 18.2 Å². The lowest BCUT2D eigenvalue weighted by Crippen LogP contribution is -1.97. The Hall–Kier alpha value is -2.61. The minimum Gasteiger partial charge on any atom is -0.497 e. The first-order valence-electron chi connectivity index (χ1n) is 8.92. The quantitative estimate of drug-likeness (QED) is 0.539. The molecule has 0 aliphatic carbocycles. The number of aliphatic hydroxyl groups excluding tert-OH is 1. The number of rotatable bonds is 5. The summed E-state index contributed by atoms with van der Waals surface area (Å²) in [7, 11) is 3.26. The summed E-state index contributed by atoms with van der Waals surface area (Å²) in [6.07, 6.45) is 1.10. The maximum absolute atomic E-state index is 10.2.